The zero-order chi connectivity index (χ0) is 13.7. The third-order valence-corrected chi connectivity index (χ3v) is 2.64. The lowest BCUT2D eigenvalue weighted by Gasteiger charge is -2.01. The Labute approximate surface area is 110 Å². The van der Waals surface area contributed by atoms with Crippen molar-refractivity contribution in [1.29, 1.82) is 0 Å². The number of rotatable bonds is 3. The van der Waals surface area contributed by atoms with Crippen LogP contribution in [0.25, 0.3) is 0 Å². The molecule has 1 amide bonds. The average Bonchev–Trinajstić information content (AvgIpc) is 2.41. The summed E-state index contributed by atoms with van der Waals surface area (Å²) < 4.78 is 12.9. The van der Waals surface area contributed by atoms with Crippen LogP contribution in [0, 0.1) is 12.7 Å². The fraction of sp³-hybridized carbons (Fsp3) is 0.0667. The molecule has 0 radical (unpaired) electrons. The maximum Gasteiger partial charge on any atom is 0.271 e. The van der Waals surface area contributed by atoms with Crippen LogP contribution in [0.15, 0.2) is 53.6 Å². The number of aryl methyl sites for hydroxylation is 1. The quantitative estimate of drug-likeness (QED) is 0.665. The summed E-state index contributed by atoms with van der Waals surface area (Å²) in [7, 11) is 0. The number of nitrogens with one attached hydrogen (secondary N) is 1. The van der Waals surface area contributed by atoms with Gasteiger partial charge in [-0.15, -0.1) is 0 Å². The summed E-state index contributed by atoms with van der Waals surface area (Å²) in [6, 6.07) is 13.1. The molecule has 0 aliphatic rings. The molecular weight excluding hydrogens is 243 g/mol. The van der Waals surface area contributed by atoms with Gasteiger partial charge in [0.05, 0.1) is 6.21 Å². The van der Waals surface area contributed by atoms with Crippen molar-refractivity contribution >= 4 is 12.1 Å². The molecule has 0 unspecified atom stereocenters. The predicted octanol–water partition coefficient (Wildman–Crippen LogP) is 2.90. The molecule has 0 atom stereocenters. The van der Waals surface area contributed by atoms with Crippen molar-refractivity contribution in [3.8, 4) is 0 Å². The minimum absolute atomic E-state index is 0.238. The second-order valence-electron chi connectivity index (χ2n) is 4.07. The Morgan fingerprint density at radius 2 is 2.00 bits per heavy atom. The van der Waals surface area contributed by atoms with Crippen LogP contribution < -0.4 is 5.43 Å². The second kappa shape index (κ2) is 5.91. The molecule has 0 saturated carbocycles. The topological polar surface area (TPSA) is 41.5 Å². The summed E-state index contributed by atoms with van der Waals surface area (Å²) in [4.78, 5) is 11.7. The molecule has 0 aliphatic heterocycles. The van der Waals surface area contributed by atoms with Gasteiger partial charge < -0.3 is 0 Å². The molecule has 4 heteroatoms. The molecule has 0 spiro atoms. The van der Waals surface area contributed by atoms with Crippen LogP contribution in [0.5, 0.6) is 0 Å². The van der Waals surface area contributed by atoms with Crippen LogP contribution in [0.2, 0.25) is 0 Å². The number of nitrogens with zero attached hydrogens (tertiary/aromatic N) is 1. The van der Waals surface area contributed by atoms with Gasteiger partial charge in [-0.05, 0) is 36.2 Å². The van der Waals surface area contributed by atoms with Gasteiger partial charge in [-0.3, -0.25) is 4.79 Å². The molecule has 0 saturated heterocycles. The molecule has 0 heterocycles. The largest absolute Gasteiger partial charge is 0.271 e. The van der Waals surface area contributed by atoms with Gasteiger partial charge in [-0.1, -0.05) is 30.3 Å². The standard InChI is InChI=1S/C15H13FN2O/c1-11-5-2-3-6-13(11)10-17-18-15(19)12-7-4-8-14(16)9-12/h2-10H,1H3,(H,18,19). The lowest BCUT2D eigenvalue weighted by molar-refractivity contribution is 0.0954. The first-order valence-corrected chi connectivity index (χ1v) is 5.81. The van der Waals surface area contributed by atoms with Crippen molar-refractivity contribution in [3.05, 3.63) is 71.0 Å². The number of hydrogen-bond donors (Lipinski definition) is 1. The molecule has 2 rings (SSSR count). The molecule has 2 aromatic carbocycles. The van der Waals surface area contributed by atoms with Gasteiger partial charge in [0, 0.05) is 5.56 Å². The molecule has 0 aliphatic carbocycles. The fourth-order valence-electron chi connectivity index (χ4n) is 1.59. The van der Waals surface area contributed by atoms with Crippen LogP contribution in [-0.4, -0.2) is 12.1 Å². The fourth-order valence-corrected chi connectivity index (χ4v) is 1.59. The molecule has 19 heavy (non-hydrogen) atoms. The highest BCUT2D eigenvalue weighted by atomic mass is 19.1. The predicted molar refractivity (Wildman–Crippen MR) is 72.6 cm³/mol. The molecular formula is C15H13FN2O. The maximum absolute atomic E-state index is 12.9. The number of carbonyl (C=O) groups is 1. The zero-order valence-electron chi connectivity index (χ0n) is 10.4. The number of halogens is 1. The Balaban J connectivity index is 2.03. The van der Waals surface area contributed by atoms with Crippen LogP contribution in [-0.2, 0) is 0 Å². The van der Waals surface area contributed by atoms with Gasteiger partial charge in [0.15, 0.2) is 0 Å². The Morgan fingerprint density at radius 1 is 1.21 bits per heavy atom. The van der Waals surface area contributed by atoms with Crippen molar-refractivity contribution in [3.63, 3.8) is 0 Å². The maximum atomic E-state index is 12.9. The van der Waals surface area contributed by atoms with E-state index in [9.17, 15) is 9.18 Å². The first kappa shape index (κ1) is 13.0. The Bertz CT molecular complexity index is 623. The average molecular weight is 256 g/mol. The number of hydrazone groups is 1. The van der Waals surface area contributed by atoms with Crippen molar-refractivity contribution in [1.82, 2.24) is 5.43 Å². The van der Waals surface area contributed by atoms with Gasteiger partial charge in [0.1, 0.15) is 5.82 Å². The smallest absolute Gasteiger partial charge is 0.267 e. The molecule has 2 aromatic rings. The molecule has 1 N–H and O–H groups in total. The normalized spacial score (nSPS) is 10.6. The van der Waals surface area contributed by atoms with Gasteiger partial charge in [0.25, 0.3) is 5.91 Å². The number of carbonyl (C=O) groups excluding carboxylic acids is 1. The molecule has 0 aromatic heterocycles. The van der Waals surface area contributed by atoms with E-state index < -0.39 is 11.7 Å². The first-order chi connectivity index (χ1) is 9.16. The summed E-state index contributed by atoms with van der Waals surface area (Å²) in [6.45, 7) is 1.95. The van der Waals surface area contributed by atoms with E-state index in [4.69, 9.17) is 0 Å². The molecule has 0 bridgehead atoms. The summed E-state index contributed by atoms with van der Waals surface area (Å²) >= 11 is 0. The summed E-state index contributed by atoms with van der Waals surface area (Å²) in [6.07, 6.45) is 1.56. The summed E-state index contributed by atoms with van der Waals surface area (Å²) in [5.74, 6) is -0.889. The second-order valence-corrected chi connectivity index (χ2v) is 4.07. The van der Waals surface area contributed by atoms with Crippen LogP contribution >= 0.6 is 0 Å². The number of hydrogen-bond acceptors (Lipinski definition) is 2. The Kier molecular flexibility index (Phi) is 4.03. The lowest BCUT2D eigenvalue weighted by atomic mass is 10.1. The van der Waals surface area contributed by atoms with E-state index in [1.54, 1.807) is 6.21 Å². The van der Waals surface area contributed by atoms with E-state index in [-0.39, 0.29) is 5.56 Å². The van der Waals surface area contributed by atoms with Crippen molar-refractivity contribution in [2.45, 2.75) is 6.92 Å². The molecule has 0 fully saturated rings. The Hall–Kier alpha value is -2.49. The first-order valence-electron chi connectivity index (χ1n) is 5.81. The highest BCUT2D eigenvalue weighted by molar-refractivity contribution is 5.94. The van der Waals surface area contributed by atoms with Crippen molar-refractivity contribution in [2.75, 3.05) is 0 Å². The summed E-state index contributed by atoms with van der Waals surface area (Å²) in [5, 5.41) is 3.86. The summed E-state index contributed by atoms with van der Waals surface area (Å²) in [5.41, 5.74) is 4.58. The third-order valence-electron chi connectivity index (χ3n) is 2.64. The van der Waals surface area contributed by atoms with Crippen molar-refractivity contribution in [2.24, 2.45) is 5.10 Å². The number of amides is 1. The van der Waals surface area contributed by atoms with E-state index in [2.05, 4.69) is 10.5 Å². The third kappa shape index (κ3) is 3.48. The van der Waals surface area contributed by atoms with Crippen molar-refractivity contribution < 1.29 is 9.18 Å². The van der Waals surface area contributed by atoms with Crippen LogP contribution in [0.4, 0.5) is 4.39 Å². The molecule has 96 valence electrons. The SMILES string of the molecule is Cc1ccccc1C=NNC(=O)c1cccc(F)c1. The monoisotopic (exact) mass is 256 g/mol. The minimum Gasteiger partial charge on any atom is -0.267 e. The van der Waals surface area contributed by atoms with Gasteiger partial charge in [-0.25, -0.2) is 9.82 Å². The van der Waals surface area contributed by atoms with E-state index in [0.717, 1.165) is 11.1 Å². The molecule has 3 nitrogen and oxygen atoms in total. The van der Waals surface area contributed by atoms with Crippen LogP contribution in [0.1, 0.15) is 21.5 Å². The minimum atomic E-state index is -0.449. The van der Waals surface area contributed by atoms with Gasteiger partial charge >= 0.3 is 0 Å². The van der Waals surface area contributed by atoms with E-state index in [1.807, 2.05) is 31.2 Å². The van der Waals surface area contributed by atoms with Crippen LogP contribution in [0.3, 0.4) is 0 Å². The van der Waals surface area contributed by atoms with E-state index in [1.165, 1.54) is 24.3 Å². The van der Waals surface area contributed by atoms with Gasteiger partial charge in [-0.2, -0.15) is 5.10 Å². The zero-order valence-corrected chi connectivity index (χ0v) is 10.4. The Morgan fingerprint density at radius 3 is 2.74 bits per heavy atom. The highest BCUT2D eigenvalue weighted by Gasteiger charge is 2.04. The van der Waals surface area contributed by atoms with E-state index >= 15 is 0 Å². The highest BCUT2D eigenvalue weighted by Crippen LogP contribution is 2.04. The van der Waals surface area contributed by atoms with Gasteiger partial charge in [0.2, 0.25) is 0 Å². The van der Waals surface area contributed by atoms with E-state index in [0.29, 0.717) is 0 Å². The lowest BCUT2D eigenvalue weighted by Crippen LogP contribution is -2.17. The number of benzene rings is 2.